The number of aliphatic hydroxyl groups is 1. The number of pyridine rings is 1. The third kappa shape index (κ3) is 11.5. The number of aromatic amines is 1. The van der Waals surface area contributed by atoms with Gasteiger partial charge in [-0.25, -0.2) is 23.1 Å². The van der Waals surface area contributed by atoms with E-state index in [0.717, 1.165) is 62.1 Å². The SMILES string of the molecule is Cc1ncsc1-c1ccc(CCC(=O)[C@@H]2C[C@@H](O)CN2C(=O)[C@@H](NC(=O)CN2CC(CCc3ccc(-c4cnc5[nH]cc(C(=O)c6c(F)ccc(NS(=O)(=O)N7CC[C@@H](F)C7)c6F)c5c4)cc3)C2)C(C)(C)C)cc1. The minimum absolute atomic E-state index is 0.00972. The molecule has 3 aromatic carbocycles. The molecule has 74 heavy (non-hydrogen) atoms. The van der Waals surface area contributed by atoms with E-state index < -0.39 is 75.2 Å². The lowest BCUT2D eigenvalue weighted by Gasteiger charge is -2.40. The molecule has 3 aliphatic heterocycles. The number of likely N-dealkylation sites (tertiary alicyclic amines) is 2. The standard InChI is InChI=1S/C54H59F3N8O7S2/c1-31-50(73-30-60-31)36-14-9-33(10-15-36)11-18-45(67)44-22-39(66)28-65(44)53(70)51(54(2,3)4)61-46(68)29-63-25-34(26-63)6-5-32-7-12-35(13-8-32)37-21-40-41(24-59-52(40)58-23-37)49(69)47-42(56)16-17-43(48(47)57)62-74(71,72)64-20-19-38(55)27-64/h7-10,12-17,21,23-24,30,34,38-39,44,51,62,66H,5-6,11,18-20,22,25-29H2,1-4H3,(H,58,59)(H,61,68)/t38-,39-,44+,51-/m1/s1. The fourth-order valence-electron chi connectivity index (χ4n) is 10.1. The van der Waals surface area contributed by atoms with Gasteiger partial charge in [-0.2, -0.15) is 12.7 Å². The number of aromatic nitrogens is 3. The molecule has 3 aromatic heterocycles. The van der Waals surface area contributed by atoms with Gasteiger partial charge in [0.15, 0.2) is 11.6 Å². The van der Waals surface area contributed by atoms with Crippen LogP contribution in [0, 0.1) is 29.9 Å². The number of nitrogens with one attached hydrogen (secondary N) is 3. The van der Waals surface area contributed by atoms with Crippen LogP contribution in [0.1, 0.15) is 79.2 Å². The van der Waals surface area contributed by atoms with Crippen LogP contribution in [0.25, 0.3) is 32.6 Å². The Morgan fingerprint density at radius 3 is 2.28 bits per heavy atom. The normalized spacial score (nSPS) is 19.2. The molecule has 0 aliphatic carbocycles. The van der Waals surface area contributed by atoms with Crippen LogP contribution in [0.4, 0.5) is 18.9 Å². The number of rotatable bonds is 18. The number of Topliss-reactive ketones (excluding diaryl/α,β-unsaturated/α-hetero) is 1. The highest BCUT2D eigenvalue weighted by molar-refractivity contribution is 7.90. The third-order valence-corrected chi connectivity index (χ3v) is 16.7. The average molecular weight is 1050 g/mol. The van der Waals surface area contributed by atoms with Gasteiger partial charge in [-0.15, -0.1) is 11.3 Å². The first-order valence-electron chi connectivity index (χ1n) is 24.8. The molecule has 0 saturated carbocycles. The monoisotopic (exact) mass is 1050 g/mol. The second-order valence-corrected chi connectivity index (χ2v) is 23.3. The molecular formula is C54H59F3N8O7S2. The van der Waals surface area contributed by atoms with E-state index in [-0.39, 0.29) is 62.1 Å². The minimum atomic E-state index is -4.38. The van der Waals surface area contributed by atoms with Crippen LogP contribution in [0.2, 0.25) is 0 Å². The van der Waals surface area contributed by atoms with E-state index in [1.54, 1.807) is 23.6 Å². The molecule has 9 rings (SSSR count). The van der Waals surface area contributed by atoms with Gasteiger partial charge >= 0.3 is 10.2 Å². The van der Waals surface area contributed by atoms with Gasteiger partial charge in [-0.3, -0.25) is 28.8 Å². The lowest BCUT2D eigenvalue weighted by molar-refractivity contribution is -0.143. The summed E-state index contributed by atoms with van der Waals surface area (Å²) in [6.45, 7) is 8.62. The van der Waals surface area contributed by atoms with Crippen LogP contribution in [-0.4, -0.2) is 130 Å². The Morgan fingerprint density at radius 2 is 1.62 bits per heavy atom. The minimum Gasteiger partial charge on any atom is -0.391 e. The summed E-state index contributed by atoms with van der Waals surface area (Å²) >= 11 is 1.58. The fraction of sp³-hybridized carbons (Fsp3) is 0.407. The molecule has 2 amide bonds. The predicted molar refractivity (Wildman–Crippen MR) is 276 cm³/mol. The fourth-order valence-corrected chi connectivity index (χ4v) is 12.2. The van der Waals surface area contributed by atoms with Gasteiger partial charge in [0, 0.05) is 74.5 Å². The molecule has 4 atom stereocenters. The van der Waals surface area contributed by atoms with Crippen molar-refractivity contribution in [2.75, 3.05) is 44.0 Å². The Morgan fingerprint density at radius 1 is 0.919 bits per heavy atom. The van der Waals surface area contributed by atoms with E-state index in [1.807, 2.05) is 91.4 Å². The predicted octanol–water partition coefficient (Wildman–Crippen LogP) is 7.43. The van der Waals surface area contributed by atoms with Crippen LogP contribution < -0.4 is 10.0 Å². The van der Waals surface area contributed by atoms with Crippen LogP contribution in [0.15, 0.2) is 84.6 Å². The molecule has 3 aliphatic rings. The van der Waals surface area contributed by atoms with Gasteiger partial charge in [0.1, 0.15) is 23.7 Å². The number of thiazole rings is 1. The molecule has 0 bridgehead atoms. The first kappa shape index (κ1) is 52.5. The van der Waals surface area contributed by atoms with Gasteiger partial charge < -0.3 is 20.3 Å². The van der Waals surface area contributed by atoms with Crippen LogP contribution in [0.5, 0.6) is 0 Å². The van der Waals surface area contributed by atoms with Crippen molar-refractivity contribution in [1.82, 2.24) is 34.4 Å². The Hall–Kier alpha value is -6.32. The van der Waals surface area contributed by atoms with E-state index in [4.69, 9.17) is 0 Å². The summed E-state index contributed by atoms with van der Waals surface area (Å²) in [6, 6.07) is 17.5. The second-order valence-electron chi connectivity index (χ2n) is 20.8. The maximum Gasteiger partial charge on any atom is 0.301 e. The Labute approximate surface area is 431 Å². The molecule has 4 N–H and O–H groups in total. The molecule has 390 valence electrons. The number of halogens is 3. The van der Waals surface area contributed by atoms with Gasteiger partial charge in [-0.05, 0) is 84.4 Å². The van der Waals surface area contributed by atoms with E-state index in [0.29, 0.717) is 42.0 Å². The summed E-state index contributed by atoms with van der Waals surface area (Å²) in [5, 5.41) is 13.9. The molecule has 0 spiro atoms. The summed E-state index contributed by atoms with van der Waals surface area (Å²) in [7, 11) is -4.38. The number of benzene rings is 3. The third-order valence-electron chi connectivity index (χ3n) is 14.3. The molecule has 0 unspecified atom stereocenters. The number of carbonyl (C=O) groups excluding carboxylic acids is 4. The molecule has 20 heteroatoms. The Balaban J connectivity index is 0.756. The summed E-state index contributed by atoms with van der Waals surface area (Å²) in [4.78, 5) is 71.3. The van der Waals surface area contributed by atoms with Crippen LogP contribution >= 0.6 is 11.3 Å². The van der Waals surface area contributed by atoms with Crippen molar-refractivity contribution in [1.29, 1.82) is 0 Å². The van der Waals surface area contributed by atoms with E-state index >= 15 is 8.78 Å². The van der Waals surface area contributed by atoms with Crippen LogP contribution in [-0.2, 0) is 37.4 Å². The Kier molecular flexibility index (Phi) is 15.3. The highest BCUT2D eigenvalue weighted by atomic mass is 32.2. The number of hydrogen-bond acceptors (Lipinski definition) is 11. The zero-order chi connectivity index (χ0) is 52.6. The van der Waals surface area contributed by atoms with Crippen molar-refractivity contribution in [3.63, 3.8) is 0 Å². The second kappa shape index (κ2) is 21.5. The number of H-pyrrole nitrogens is 1. The number of alkyl halides is 1. The number of amides is 2. The molecule has 15 nitrogen and oxygen atoms in total. The van der Waals surface area contributed by atoms with Gasteiger partial charge in [0.05, 0.1) is 46.0 Å². The molecular weight excluding hydrogens is 994 g/mol. The number of aliphatic hydroxyl groups excluding tert-OH is 1. The van der Waals surface area contributed by atoms with E-state index in [1.165, 1.54) is 11.1 Å². The maximum absolute atomic E-state index is 15.8. The summed E-state index contributed by atoms with van der Waals surface area (Å²) in [5.74, 6) is -4.07. The number of anilines is 1. The quantitative estimate of drug-likeness (QED) is 0.0629. The van der Waals surface area contributed by atoms with Crippen molar-refractivity contribution >= 4 is 61.6 Å². The number of β-amino-alcohol motifs (C(OH)–C–C–N with tert-alkyl or cyclic N) is 1. The summed E-state index contributed by atoms with van der Waals surface area (Å²) < 4.78 is 73.2. The van der Waals surface area contributed by atoms with Crippen molar-refractivity contribution < 1.29 is 45.9 Å². The topological polar surface area (TPSA) is 198 Å². The molecule has 0 radical (unpaired) electrons. The van der Waals surface area contributed by atoms with Crippen molar-refractivity contribution in [3.8, 4) is 21.6 Å². The number of aryl methyl sites for hydroxylation is 3. The van der Waals surface area contributed by atoms with Gasteiger partial charge in [-0.1, -0.05) is 69.3 Å². The maximum atomic E-state index is 15.8. The average Bonchev–Trinajstić information content (AvgIpc) is 4.18. The first-order chi connectivity index (χ1) is 35.2. The van der Waals surface area contributed by atoms with E-state index in [9.17, 15) is 37.1 Å². The van der Waals surface area contributed by atoms with E-state index in [2.05, 4.69) is 20.3 Å². The van der Waals surface area contributed by atoms with Crippen molar-refractivity contribution in [2.24, 2.45) is 11.3 Å². The molecule has 6 aromatic rings. The molecule has 3 saturated heterocycles. The van der Waals surface area contributed by atoms with Crippen LogP contribution in [0.3, 0.4) is 0 Å². The first-order valence-corrected chi connectivity index (χ1v) is 27.1. The van der Waals surface area contributed by atoms with Crippen molar-refractivity contribution in [2.45, 2.75) is 90.6 Å². The lowest BCUT2D eigenvalue weighted by atomic mass is 9.85. The lowest BCUT2D eigenvalue weighted by Crippen LogP contribution is -2.59. The zero-order valence-corrected chi connectivity index (χ0v) is 43.2. The number of hydrogen-bond donors (Lipinski definition) is 4. The highest BCUT2D eigenvalue weighted by Gasteiger charge is 2.44. The highest BCUT2D eigenvalue weighted by Crippen LogP contribution is 2.33. The smallest absolute Gasteiger partial charge is 0.301 e. The Bertz CT molecular complexity index is 3190. The summed E-state index contributed by atoms with van der Waals surface area (Å²) in [6.07, 6.45) is 3.20. The number of ketones is 2. The molecule has 6 heterocycles. The number of fused-ring (bicyclic) bond motifs is 1. The molecule has 3 fully saturated rings. The largest absolute Gasteiger partial charge is 0.391 e. The number of nitrogens with zero attached hydrogens (tertiary/aromatic N) is 5. The summed E-state index contributed by atoms with van der Waals surface area (Å²) in [5.41, 5.74) is 5.30. The number of carbonyl (C=O) groups is 4. The van der Waals surface area contributed by atoms with Gasteiger partial charge in [0.25, 0.3) is 0 Å². The van der Waals surface area contributed by atoms with Crippen molar-refractivity contribution in [3.05, 3.63) is 124 Å². The van der Waals surface area contributed by atoms with Gasteiger partial charge in [0.2, 0.25) is 17.6 Å². The zero-order valence-electron chi connectivity index (χ0n) is 41.5.